The van der Waals surface area contributed by atoms with E-state index in [0.29, 0.717) is 22.2 Å². The van der Waals surface area contributed by atoms with Crippen molar-refractivity contribution in [2.75, 3.05) is 18.2 Å². The molecule has 0 saturated carbocycles. The number of methoxy groups -OCH3 is 1. The molecular formula is C15H13BrN4O2S. The van der Waals surface area contributed by atoms with Crippen LogP contribution < -0.4 is 10.1 Å². The number of benzene rings is 1. The van der Waals surface area contributed by atoms with Gasteiger partial charge in [-0.2, -0.15) is 0 Å². The number of anilines is 1. The molecule has 118 valence electrons. The summed E-state index contributed by atoms with van der Waals surface area (Å²) >= 11 is 4.68. The van der Waals surface area contributed by atoms with Gasteiger partial charge in [0.15, 0.2) is 10.8 Å². The molecule has 0 atom stereocenters. The van der Waals surface area contributed by atoms with Crippen molar-refractivity contribution in [3.8, 4) is 5.75 Å². The van der Waals surface area contributed by atoms with Crippen molar-refractivity contribution in [2.24, 2.45) is 0 Å². The number of aromatic nitrogens is 3. The lowest BCUT2D eigenvalue weighted by atomic mass is 10.3. The zero-order valence-electron chi connectivity index (χ0n) is 12.2. The van der Waals surface area contributed by atoms with E-state index < -0.39 is 0 Å². The minimum Gasteiger partial charge on any atom is -0.495 e. The van der Waals surface area contributed by atoms with Gasteiger partial charge < -0.3 is 15.0 Å². The van der Waals surface area contributed by atoms with Crippen molar-refractivity contribution in [1.82, 2.24) is 15.0 Å². The number of carbonyl (C=O) groups excluding carboxylic acids is 1. The van der Waals surface area contributed by atoms with Crippen LogP contribution in [0, 0.1) is 0 Å². The summed E-state index contributed by atoms with van der Waals surface area (Å²) in [5.41, 5.74) is 2.10. The molecule has 0 radical (unpaired) electrons. The van der Waals surface area contributed by atoms with Crippen LogP contribution >= 0.6 is 27.7 Å². The number of hydrogen-bond donors (Lipinski definition) is 2. The number of para-hydroxylation sites is 2. The van der Waals surface area contributed by atoms with Crippen LogP contribution in [0.5, 0.6) is 5.75 Å². The van der Waals surface area contributed by atoms with Crippen LogP contribution in [0.2, 0.25) is 0 Å². The van der Waals surface area contributed by atoms with E-state index in [1.807, 2.05) is 18.2 Å². The number of halogens is 1. The van der Waals surface area contributed by atoms with Crippen molar-refractivity contribution in [3.63, 3.8) is 0 Å². The first-order valence-corrected chi connectivity index (χ1v) is 8.50. The molecule has 0 saturated heterocycles. The molecule has 2 aromatic heterocycles. The average Bonchev–Trinajstić information content (AvgIpc) is 2.95. The molecule has 1 aromatic carbocycles. The Kier molecular flexibility index (Phi) is 4.82. The van der Waals surface area contributed by atoms with Gasteiger partial charge in [0.05, 0.1) is 24.1 Å². The Morgan fingerprint density at radius 1 is 1.43 bits per heavy atom. The molecule has 2 heterocycles. The SMILES string of the molecule is COc1ccccc1NC(=O)CSc1nc2ncc(Br)cc2[nH]1. The summed E-state index contributed by atoms with van der Waals surface area (Å²) in [6, 6.07) is 9.18. The number of H-pyrrole nitrogens is 1. The number of nitrogens with zero attached hydrogens (tertiary/aromatic N) is 2. The minimum absolute atomic E-state index is 0.130. The number of carbonyl (C=O) groups is 1. The molecule has 0 unspecified atom stereocenters. The van der Waals surface area contributed by atoms with E-state index in [1.54, 1.807) is 25.4 Å². The van der Waals surface area contributed by atoms with E-state index in [1.165, 1.54) is 11.8 Å². The fraction of sp³-hybridized carbons (Fsp3) is 0.133. The Morgan fingerprint density at radius 3 is 3.09 bits per heavy atom. The third-order valence-electron chi connectivity index (χ3n) is 3.00. The number of imidazole rings is 1. The van der Waals surface area contributed by atoms with Gasteiger partial charge in [0.25, 0.3) is 0 Å². The van der Waals surface area contributed by atoms with Gasteiger partial charge in [0.2, 0.25) is 5.91 Å². The highest BCUT2D eigenvalue weighted by Gasteiger charge is 2.10. The smallest absolute Gasteiger partial charge is 0.234 e. The van der Waals surface area contributed by atoms with Gasteiger partial charge in [-0.3, -0.25) is 4.79 Å². The van der Waals surface area contributed by atoms with E-state index in [4.69, 9.17) is 4.74 Å². The Bertz CT molecular complexity index is 852. The quantitative estimate of drug-likeness (QED) is 0.649. The molecule has 0 aliphatic carbocycles. The highest BCUT2D eigenvalue weighted by molar-refractivity contribution is 9.10. The Hall–Kier alpha value is -2.06. The van der Waals surface area contributed by atoms with Crippen LogP contribution in [0.1, 0.15) is 0 Å². The summed E-state index contributed by atoms with van der Waals surface area (Å²) in [7, 11) is 1.57. The van der Waals surface area contributed by atoms with E-state index in [9.17, 15) is 4.79 Å². The van der Waals surface area contributed by atoms with Gasteiger partial charge in [0.1, 0.15) is 5.75 Å². The molecule has 23 heavy (non-hydrogen) atoms. The topological polar surface area (TPSA) is 79.9 Å². The van der Waals surface area contributed by atoms with Crippen LogP contribution in [-0.4, -0.2) is 33.7 Å². The number of nitrogens with one attached hydrogen (secondary N) is 2. The van der Waals surface area contributed by atoms with Gasteiger partial charge in [-0.05, 0) is 34.1 Å². The van der Waals surface area contributed by atoms with Crippen LogP contribution in [0.25, 0.3) is 11.2 Å². The number of thioether (sulfide) groups is 1. The highest BCUT2D eigenvalue weighted by Crippen LogP contribution is 2.24. The van der Waals surface area contributed by atoms with E-state index in [-0.39, 0.29) is 11.7 Å². The standard InChI is InChI=1S/C15H13BrN4O2S/c1-22-12-5-3-2-4-10(12)18-13(21)8-23-15-19-11-6-9(16)7-17-14(11)20-15/h2-7H,8H2,1H3,(H,18,21)(H,17,19,20). The van der Waals surface area contributed by atoms with Crippen molar-refractivity contribution in [1.29, 1.82) is 0 Å². The molecule has 3 rings (SSSR count). The number of pyridine rings is 1. The second kappa shape index (κ2) is 7.01. The van der Waals surface area contributed by atoms with Crippen molar-refractivity contribution < 1.29 is 9.53 Å². The molecule has 1 amide bonds. The van der Waals surface area contributed by atoms with Crippen LogP contribution in [0.4, 0.5) is 5.69 Å². The van der Waals surface area contributed by atoms with E-state index in [2.05, 4.69) is 36.2 Å². The van der Waals surface area contributed by atoms with E-state index >= 15 is 0 Å². The second-order valence-electron chi connectivity index (χ2n) is 4.60. The fourth-order valence-electron chi connectivity index (χ4n) is 1.99. The lowest BCUT2D eigenvalue weighted by Gasteiger charge is -2.09. The minimum atomic E-state index is -0.130. The van der Waals surface area contributed by atoms with Crippen molar-refractivity contribution in [2.45, 2.75) is 5.16 Å². The summed E-state index contributed by atoms with van der Waals surface area (Å²) in [4.78, 5) is 23.7. The lowest BCUT2D eigenvalue weighted by molar-refractivity contribution is -0.113. The van der Waals surface area contributed by atoms with Crippen molar-refractivity contribution in [3.05, 3.63) is 41.0 Å². The first-order valence-electron chi connectivity index (χ1n) is 6.72. The largest absolute Gasteiger partial charge is 0.495 e. The number of hydrogen-bond acceptors (Lipinski definition) is 5. The summed E-state index contributed by atoms with van der Waals surface area (Å²) in [5, 5.41) is 3.48. The van der Waals surface area contributed by atoms with Gasteiger partial charge in [-0.25, -0.2) is 9.97 Å². The third kappa shape index (κ3) is 3.83. The predicted molar refractivity (Wildman–Crippen MR) is 93.9 cm³/mol. The first-order chi connectivity index (χ1) is 11.2. The summed E-state index contributed by atoms with van der Waals surface area (Å²) in [6.45, 7) is 0. The lowest BCUT2D eigenvalue weighted by Crippen LogP contribution is -2.14. The van der Waals surface area contributed by atoms with Gasteiger partial charge in [-0.1, -0.05) is 23.9 Å². The molecule has 0 spiro atoms. The second-order valence-corrected chi connectivity index (χ2v) is 6.48. The predicted octanol–water partition coefficient (Wildman–Crippen LogP) is 3.46. The Balaban J connectivity index is 1.63. The molecule has 0 bridgehead atoms. The number of rotatable bonds is 5. The van der Waals surface area contributed by atoms with E-state index in [0.717, 1.165) is 9.99 Å². The zero-order chi connectivity index (χ0) is 16.2. The van der Waals surface area contributed by atoms with Crippen LogP contribution in [0.15, 0.2) is 46.2 Å². The molecule has 0 fully saturated rings. The molecular weight excluding hydrogens is 380 g/mol. The maximum absolute atomic E-state index is 12.1. The average molecular weight is 393 g/mol. The monoisotopic (exact) mass is 392 g/mol. The van der Waals surface area contributed by atoms with Gasteiger partial charge in [-0.15, -0.1) is 0 Å². The normalized spacial score (nSPS) is 10.7. The number of amides is 1. The first kappa shape index (κ1) is 15.8. The van der Waals surface area contributed by atoms with Crippen LogP contribution in [-0.2, 0) is 4.79 Å². The Morgan fingerprint density at radius 2 is 2.26 bits per heavy atom. The fourth-order valence-corrected chi connectivity index (χ4v) is 2.99. The summed E-state index contributed by atoms with van der Waals surface area (Å²) in [5.74, 6) is 0.733. The number of aromatic amines is 1. The molecule has 8 heteroatoms. The Labute approximate surface area is 145 Å². The number of ether oxygens (including phenoxy) is 1. The van der Waals surface area contributed by atoms with Crippen LogP contribution in [0.3, 0.4) is 0 Å². The maximum atomic E-state index is 12.1. The molecule has 0 aliphatic heterocycles. The third-order valence-corrected chi connectivity index (χ3v) is 4.31. The molecule has 0 aliphatic rings. The number of fused-ring (bicyclic) bond motifs is 1. The molecule has 2 N–H and O–H groups in total. The van der Waals surface area contributed by atoms with Gasteiger partial charge in [0, 0.05) is 10.7 Å². The molecule has 3 aromatic rings. The maximum Gasteiger partial charge on any atom is 0.234 e. The highest BCUT2D eigenvalue weighted by atomic mass is 79.9. The van der Waals surface area contributed by atoms with Gasteiger partial charge >= 0.3 is 0 Å². The van der Waals surface area contributed by atoms with Crippen molar-refractivity contribution >= 4 is 50.5 Å². The summed E-state index contributed by atoms with van der Waals surface area (Å²) in [6.07, 6.45) is 1.69. The molecule has 6 nitrogen and oxygen atoms in total. The zero-order valence-corrected chi connectivity index (χ0v) is 14.6. The summed E-state index contributed by atoms with van der Waals surface area (Å²) < 4.78 is 6.08.